The summed E-state index contributed by atoms with van der Waals surface area (Å²) >= 11 is 0. The predicted octanol–water partition coefficient (Wildman–Crippen LogP) is 0.570. The van der Waals surface area contributed by atoms with Crippen LogP contribution in [0.1, 0.15) is 5.56 Å². The Labute approximate surface area is 64.2 Å². The van der Waals surface area contributed by atoms with Crippen LogP contribution in [0.4, 0.5) is 10.1 Å². The smallest absolute Gasteiger partial charge is 0.129 e. The highest BCUT2D eigenvalue weighted by molar-refractivity contribution is 5.50. The number of hydrazine groups is 1. The van der Waals surface area contributed by atoms with Crippen molar-refractivity contribution in [2.45, 2.75) is 6.54 Å². The van der Waals surface area contributed by atoms with Gasteiger partial charge >= 0.3 is 0 Å². The lowest BCUT2D eigenvalue weighted by Crippen LogP contribution is -2.12. The molecule has 1 aromatic carbocycles. The zero-order chi connectivity index (χ0) is 8.27. The predicted molar refractivity (Wildman–Crippen MR) is 42.1 cm³/mol. The van der Waals surface area contributed by atoms with Gasteiger partial charge < -0.3 is 11.2 Å². The van der Waals surface area contributed by atoms with Crippen LogP contribution in [-0.4, -0.2) is 0 Å². The Bertz CT molecular complexity index is 249. The zero-order valence-corrected chi connectivity index (χ0v) is 5.97. The van der Waals surface area contributed by atoms with Gasteiger partial charge in [-0.2, -0.15) is 0 Å². The van der Waals surface area contributed by atoms with Crippen LogP contribution in [0.25, 0.3) is 0 Å². The summed E-state index contributed by atoms with van der Waals surface area (Å²) in [5, 5.41) is 0. The van der Waals surface area contributed by atoms with Crippen LogP contribution in [0.15, 0.2) is 18.2 Å². The van der Waals surface area contributed by atoms with Crippen molar-refractivity contribution in [2.24, 2.45) is 11.6 Å². The van der Waals surface area contributed by atoms with Gasteiger partial charge in [0.25, 0.3) is 0 Å². The fourth-order valence-corrected chi connectivity index (χ4v) is 0.901. The maximum Gasteiger partial charge on any atom is 0.129 e. The Hall–Kier alpha value is -1.13. The van der Waals surface area contributed by atoms with Crippen LogP contribution in [-0.2, 0) is 6.54 Å². The number of nitrogens with two attached hydrogens (primary N) is 2. The van der Waals surface area contributed by atoms with E-state index >= 15 is 0 Å². The third-order valence-corrected chi connectivity index (χ3v) is 1.48. The van der Waals surface area contributed by atoms with Crippen molar-refractivity contribution in [3.63, 3.8) is 0 Å². The summed E-state index contributed by atoms with van der Waals surface area (Å²) in [4.78, 5) is 0. The minimum Gasteiger partial charge on any atom is -0.326 e. The maximum atomic E-state index is 12.9. The Kier molecular flexibility index (Phi) is 2.40. The summed E-state index contributed by atoms with van der Waals surface area (Å²) in [6, 6.07) is 4.60. The molecule has 60 valence electrons. The molecule has 5 N–H and O–H groups in total. The van der Waals surface area contributed by atoms with Crippen LogP contribution in [0.2, 0.25) is 0 Å². The monoisotopic (exact) mass is 155 g/mol. The number of nitrogen functional groups attached to an aromatic ring is 1. The lowest BCUT2D eigenvalue weighted by molar-refractivity contribution is 0.611. The van der Waals surface area contributed by atoms with Gasteiger partial charge in [-0.1, -0.05) is 6.07 Å². The van der Waals surface area contributed by atoms with Crippen LogP contribution < -0.4 is 17.0 Å². The van der Waals surface area contributed by atoms with E-state index in [0.717, 1.165) is 0 Å². The van der Waals surface area contributed by atoms with Gasteiger partial charge in [0.1, 0.15) is 5.82 Å². The SMILES string of the molecule is NCc1c(F)cccc1NN. The van der Waals surface area contributed by atoms with E-state index < -0.39 is 0 Å². The van der Waals surface area contributed by atoms with Gasteiger partial charge in [0.2, 0.25) is 0 Å². The fraction of sp³-hybridized carbons (Fsp3) is 0.143. The number of benzene rings is 1. The normalized spacial score (nSPS) is 9.73. The molecule has 0 spiro atoms. The average molecular weight is 155 g/mol. The lowest BCUT2D eigenvalue weighted by Gasteiger charge is -2.06. The molecule has 0 amide bonds. The summed E-state index contributed by atoms with van der Waals surface area (Å²) in [5.74, 6) is 4.79. The minimum absolute atomic E-state index is 0.145. The van der Waals surface area contributed by atoms with Crippen molar-refractivity contribution in [3.05, 3.63) is 29.6 Å². The Morgan fingerprint density at radius 2 is 2.18 bits per heavy atom. The molecule has 0 saturated heterocycles. The highest BCUT2D eigenvalue weighted by atomic mass is 19.1. The van der Waals surface area contributed by atoms with Crippen LogP contribution >= 0.6 is 0 Å². The quantitative estimate of drug-likeness (QED) is 0.432. The molecule has 0 aromatic heterocycles. The van der Waals surface area contributed by atoms with Crippen molar-refractivity contribution in [1.82, 2.24) is 0 Å². The molecule has 0 aliphatic carbocycles. The molecule has 1 rings (SSSR count). The number of nitrogens with one attached hydrogen (secondary N) is 1. The van der Waals surface area contributed by atoms with Crippen molar-refractivity contribution >= 4 is 5.69 Å². The molecule has 11 heavy (non-hydrogen) atoms. The first-order chi connectivity index (χ1) is 5.29. The van der Waals surface area contributed by atoms with E-state index in [9.17, 15) is 4.39 Å². The molecule has 0 fully saturated rings. The molecular weight excluding hydrogens is 145 g/mol. The van der Waals surface area contributed by atoms with Gasteiger partial charge in [-0.05, 0) is 12.1 Å². The molecule has 1 aromatic rings. The van der Waals surface area contributed by atoms with Crippen LogP contribution in [0.5, 0.6) is 0 Å². The number of rotatable bonds is 2. The second kappa shape index (κ2) is 3.32. The molecule has 0 unspecified atom stereocenters. The van der Waals surface area contributed by atoms with Gasteiger partial charge in [0, 0.05) is 12.1 Å². The number of halogens is 1. The molecule has 0 aliphatic heterocycles. The van der Waals surface area contributed by atoms with Gasteiger partial charge in [0.05, 0.1) is 5.69 Å². The minimum atomic E-state index is -0.331. The molecule has 0 atom stereocenters. The maximum absolute atomic E-state index is 12.9. The summed E-state index contributed by atoms with van der Waals surface area (Å²) in [6.45, 7) is 0.145. The third kappa shape index (κ3) is 1.47. The fourth-order valence-electron chi connectivity index (χ4n) is 0.901. The van der Waals surface area contributed by atoms with Crippen molar-refractivity contribution in [2.75, 3.05) is 5.43 Å². The average Bonchev–Trinajstić information content (AvgIpc) is 2.04. The van der Waals surface area contributed by atoms with E-state index in [1.54, 1.807) is 12.1 Å². The highest BCUT2D eigenvalue weighted by Crippen LogP contribution is 2.16. The Morgan fingerprint density at radius 3 is 2.64 bits per heavy atom. The summed E-state index contributed by atoms with van der Waals surface area (Å²) in [6.07, 6.45) is 0. The van der Waals surface area contributed by atoms with Gasteiger partial charge in [-0.25, -0.2) is 4.39 Å². The summed E-state index contributed by atoms with van der Waals surface area (Å²) in [7, 11) is 0. The molecule has 3 nitrogen and oxygen atoms in total. The summed E-state index contributed by atoms with van der Waals surface area (Å²) < 4.78 is 12.9. The molecule has 0 aliphatic rings. The second-order valence-electron chi connectivity index (χ2n) is 2.11. The third-order valence-electron chi connectivity index (χ3n) is 1.48. The van der Waals surface area contributed by atoms with Crippen molar-refractivity contribution < 1.29 is 4.39 Å². The van der Waals surface area contributed by atoms with E-state index in [0.29, 0.717) is 11.3 Å². The van der Waals surface area contributed by atoms with Crippen molar-refractivity contribution in [1.29, 1.82) is 0 Å². The highest BCUT2D eigenvalue weighted by Gasteiger charge is 2.03. The summed E-state index contributed by atoms with van der Waals surface area (Å²) in [5.41, 5.74) is 8.61. The number of anilines is 1. The van der Waals surface area contributed by atoms with Gasteiger partial charge in [-0.15, -0.1) is 0 Å². The van der Waals surface area contributed by atoms with E-state index in [4.69, 9.17) is 11.6 Å². The van der Waals surface area contributed by atoms with E-state index in [-0.39, 0.29) is 12.4 Å². The zero-order valence-electron chi connectivity index (χ0n) is 5.97. The Morgan fingerprint density at radius 1 is 1.45 bits per heavy atom. The molecule has 4 heteroatoms. The first-order valence-electron chi connectivity index (χ1n) is 3.23. The number of hydrogen-bond acceptors (Lipinski definition) is 3. The largest absolute Gasteiger partial charge is 0.326 e. The van der Waals surface area contributed by atoms with E-state index in [1.165, 1.54) is 6.07 Å². The number of hydrogen-bond donors (Lipinski definition) is 3. The second-order valence-corrected chi connectivity index (χ2v) is 2.11. The molecule has 0 radical (unpaired) electrons. The molecule has 0 bridgehead atoms. The van der Waals surface area contributed by atoms with Crippen LogP contribution in [0, 0.1) is 5.82 Å². The molecule has 0 saturated carbocycles. The topological polar surface area (TPSA) is 64.1 Å². The standard InChI is InChI=1S/C7H10FN3/c8-6-2-1-3-7(11-10)5(6)4-9/h1-3,11H,4,9-10H2. The lowest BCUT2D eigenvalue weighted by atomic mass is 10.2. The van der Waals surface area contributed by atoms with Gasteiger partial charge in [0.15, 0.2) is 0 Å². The Balaban J connectivity index is 3.13. The first kappa shape index (κ1) is 7.97. The first-order valence-corrected chi connectivity index (χ1v) is 3.23. The molecular formula is C7H10FN3. The van der Waals surface area contributed by atoms with Crippen molar-refractivity contribution in [3.8, 4) is 0 Å². The van der Waals surface area contributed by atoms with E-state index in [1.807, 2.05) is 0 Å². The van der Waals surface area contributed by atoms with E-state index in [2.05, 4.69) is 5.43 Å². The van der Waals surface area contributed by atoms with Gasteiger partial charge in [-0.3, -0.25) is 5.84 Å². The molecule has 0 heterocycles. The van der Waals surface area contributed by atoms with Crippen LogP contribution in [0.3, 0.4) is 0 Å².